The molecule has 0 heterocycles. The smallest absolute Gasteiger partial charge is 0.0326 e. The van der Waals surface area contributed by atoms with Crippen molar-refractivity contribution in [2.24, 2.45) is 11.7 Å². The molecule has 2 N–H and O–H groups in total. The highest BCUT2D eigenvalue weighted by Crippen LogP contribution is 2.33. The number of rotatable bonds is 0. The van der Waals surface area contributed by atoms with E-state index in [4.69, 9.17) is 5.73 Å². The van der Waals surface area contributed by atoms with Gasteiger partial charge in [-0.3, -0.25) is 0 Å². The molecule has 0 unspecified atom stereocenters. The highest BCUT2D eigenvalue weighted by atomic mass is 35.5. The van der Waals surface area contributed by atoms with Crippen LogP contribution in [0.3, 0.4) is 0 Å². The quantitative estimate of drug-likeness (QED) is 0.657. The van der Waals surface area contributed by atoms with Gasteiger partial charge in [0.05, 0.1) is 0 Å². The molecule has 2 rings (SSSR count). The fourth-order valence-electron chi connectivity index (χ4n) is 1.83. The minimum Gasteiger partial charge on any atom is -0.324 e. The third kappa shape index (κ3) is 1.35. The molecule has 66 valence electrons. The van der Waals surface area contributed by atoms with E-state index in [9.17, 15) is 0 Å². The predicted molar refractivity (Wildman–Crippen MR) is 53.5 cm³/mol. The molecule has 12 heavy (non-hydrogen) atoms. The maximum absolute atomic E-state index is 5.99. The van der Waals surface area contributed by atoms with E-state index in [1.54, 1.807) is 0 Å². The van der Waals surface area contributed by atoms with Crippen LogP contribution in [0.4, 0.5) is 0 Å². The normalized spacial score (nSPS) is 26.2. The molecular formula is C10H14ClN. The van der Waals surface area contributed by atoms with E-state index in [1.165, 1.54) is 11.1 Å². The van der Waals surface area contributed by atoms with Crippen LogP contribution in [-0.2, 0) is 6.42 Å². The highest BCUT2D eigenvalue weighted by Gasteiger charge is 2.24. The van der Waals surface area contributed by atoms with Crippen molar-refractivity contribution in [2.75, 3.05) is 0 Å². The van der Waals surface area contributed by atoms with Crippen LogP contribution in [-0.4, -0.2) is 0 Å². The number of benzene rings is 1. The molecule has 0 saturated carbocycles. The van der Waals surface area contributed by atoms with Crippen LogP contribution in [0.15, 0.2) is 24.3 Å². The van der Waals surface area contributed by atoms with Crippen molar-refractivity contribution in [1.29, 1.82) is 0 Å². The van der Waals surface area contributed by atoms with Crippen molar-refractivity contribution in [3.05, 3.63) is 35.4 Å². The Morgan fingerprint density at radius 3 is 2.67 bits per heavy atom. The molecule has 2 heteroatoms. The molecular weight excluding hydrogens is 170 g/mol. The zero-order valence-electron chi connectivity index (χ0n) is 7.16. The zero-order chi connectivity index (χ0) is 7.84. The lowest BCUT2D eigenvalue weighted by Crippen LogP contribution is -2.13. The van der Waals surface area contributed by atoms with Crippen LogP contribution < -0.4 is 5.73 Å². The van der Waals surface area contributed by atoms with Gasteiger partial charge in [-0.2, -0.15) is 0 Å². The Balaban J connectivity index is 0.000000720. The first kappa shape index (κ1) is 9.56. The summed E-state index contributed by atoms with van der Waals surface area (Å²) in [5, 5.41) is 0. The summed E-state index contributed by atoms with van der Waals surface area (Å²) in [6.45, 7) is 2.21. The molecule has 0 fully saturated rings. The lowest BCUT2D eigenvalue weighted by molar-refractivity contribution is 0.513. The van der Waals surface area contributed by atoms with Gasteiger partial charge in [0.1, 0.15) is 0 Å². The minimum absolute atomic E-state index is 0. The topological polar surface area (TPSA) is 26.0 Å². The van der Waals surface area contributed by atoms with Crippen LogP contribution in [0.1, 0.15) is 24.1 Å². The molecule has 0 saturated heterocycles. The largest absolute Gasteiger partial charge is 0.324 e. The van der Waals surface area contributed by atoms with Gasteiger partial charge in [-0.25, -0.2) is 0 Å². The molecule has 1 aliphatic carbocycles. The van der Waals surface area contributed by atoms with Crippen LogP contribution in [0, 0.1) is 5.92 Å². The number of hydrogen-bond acceptors (Lipinski definition) is 1. The first-order valence-corrected chi connectivity index (χ1v) is 4.12. The van der Waals surface area contributed by atoms with E-state index in [0.717, 1.165) is 6.42 Å². The Morgan fingerprint density at radius 2 is 2.00 bits per heavy atom. The zero-order valence-corrected chi connectivity index (χ0v) is 7.97. The van der Waals surface area contributed by atoms with Gasteiger partial charge in [0.2, 0.25) is 0 Å². The van der Waals surface area contributed by atoms with E-state index in [1.807, 2.05) is 0 Å². The van der Waals surface area contributed by atoms with Gasteiger partial charge in [0, 0.05) is 6.04 Å². The molecule has 1 nitrogen and oxygen atoms in total. The Labute approximate surface area is 79.4 Å². The molecule has 1 aliphatic rings. The van der Waals surface area contributed by atoms with Gasteiger partial charge < -0.3 is 5.73 Å². The summed E-state index contributed by atoms with van der Waals surface area (Å²) in [7, 11) is 0. The highest BCUT2D eigenvalue weighted by molar-refractivity contribution is 5.85. The van der Waals surface area contributed by atoms with Crippen LogP contribution in [0.5, 0.6) is 0 Å². The Kier molecular flexibility index (Phi) is 2.76. The Hall–Kier alpha value is -0.530. The average molecular weight is 184 g/mol. The van der Waals surface area contributed by atoms with Crippen molar-refractivity contribution < 1.29 is 0 Å². The summed E-state index contributed by atoms with van der Waals surface area (Å²) in [5.41, 5.74) is 8.77. The fourth-order valence-corrected chi connectivity index (χ4v) is 1.83. The summed E-state index contributed by atoms with van der Waals surface area (Å²) < 4.78 is 0. The van der Waals surface area contributed by atoms with E-state index in [0.29, 0.717) is 5.92 Å². The molecule has 2 atom stereocenters. The fraction of sp³-hybridized carbons (Fsp3) is 0.400. The van der Waals surface area contributed by atoms with Crippen molar-refractivity contribution in [3.8, 4) is 0 Å². The van der Waals surface area contributed by atoms with E-state index in [-0.39, 0.29) is 18.4 Å². The maximum atomic E-state index is 5.99. The standard InChI is InChI=1S/C10H13N.ClH/c1-7-6-8-4-2-3-5-9(8)10(7)11;/h2-5,7,10H,6,11H2,1H3;1H/t7-,10-;/m1./s1. The number of hydrogen-bond donors (Lipinski definition) is 1. The predicted octanol–water partition coefficient (Wildman–Crippen LogP) is 2.30. The van der Waals surface area contributed by atoms with E-state index >= 15 is 0 Å². The monoisotopic (exact) mass is 183 g/mol. The molecule has 0 bridgehead atoms. The van der Waals surface area contributed by atoms with Gasteiger partial charge in [-0.05, 0) is 23.5 Å². The van der Waals surface area contributed by atoms with Crippen molar-refractivity contribution in [2.45, 2.75) is 19.4 Å². The van der Waals surface area contributed by atoms with Crippen molar-refractivity contribution >= 4 is 12.4 Å². The maximum Gasteiger partial charge on any atom is 0.0326 e. The summed E-state index contributed by atoms with van der Waals surface area (Å²) in [6.07, 6.45) is 1.15. The minimum atomic E-state index is 0. The second-order valence-electron chi connectivity index (χ2n) is 3.41. The van der Waals surface area contributed by atoms with Crippen molar-refractivity contribution in [1.82, 2.24) is 0 Å². The number of fused-ring (bicyclic) bond motifs is 1. The summed E-state index contributed by atoms with van der Waals surface area (Å²) in [5.74, 6) is 0.618. The van der Waals surface area contributed by atoms with Gasteiger partial charge in [0.15, 0.2) is 0 Å². The van der Waals surface area contributed by atoms with Gasteiger partial charge in [0.25, 0.3) is 0 Å². The molecule has 1 aromatic carbocycles. The van der Waals surface area contributed by atoms with Crippen molar-refractivity contribution in [3.63, 3.8) is 0 Å². The number of halogens is 1. The summed E-state index contributed by atoms with van der Waals surface area (Å²) in [4.78, 5) is 0. The van der Waals surface area contributed by atoms with Gasteiger partial charge in [-0.15, -0.1) is 12.4 Å². The van der Waals surface area contributed by atoms with E-state index in [2.05, 4.69) is 31.2 Å². The van der Waals surface area contributed by atoms with E-state index < -0.39 is 0 Å². The van der Waals surface area contributed by atoms with Crippen LogP contribution in [0.2, 0.25) is 0 Å². The third-order valence-electron chi connectivity index (χ3n) is 2.57. The Bertz CT molecular complexity index is 272. The molecule has 0 aromatic heterocycles. The van der Waals surface area contributed by atoms with Crippen LogP contribution in [0.25, 0.3) is 0 Å². The number of nitrogens with two attached hydrogens (primary N) is 1. The third-order valence-corrected chi connectivity index (χ3v) is 2.57. The van der Waals surface area contributed by atoms with Crippen LogP contribution >= 0.6 is 12.4 Å². The molecule has 1 aromatic rings. The second kappa shape index (κ2) is 3.46. The first-order valence-electron chi connectivity index (χ1n) is 4.12. The average Bonchev–Trinajstić information content (AvgIpc) is 2.30. The van der Waals surface area contributed by atoms with Gasteiger partial charge >= 0.3 is 0 Å². The lowest BCUT2D eigenvalue weighted by Gasteiger charge is -2.08. The first-order chi connectivity index (χ1) is 5.29. The Morgan fingerprint density at radius 1 is 1.33 bits per heavy atom. The molecule has 0 aliphatic heterocycles. The SMILES string of the molecule is C[C@@H]1Cc2ccccc2[C@@H]1N.Cl. The summed E-state index contributed by atoms with van der Waals surface area (Å²) >= 11 is 0. The summed E-state index contributed by atoms with van der Waals surface area (Å²) in [6, 6.07) is 8.74. The molecule has 0 amide bonds. The second-order valence-corrected chi connectivity index (χ2v) is 3.41. The molecule has 0 spiro atoms. The molecule has 0 radical (unpaired) electrons. The lowest BCUT2D eigenvalue weighted by atomic mass is 10.0. The van der Waals surface area contributed by atoms with Gasteiger partial charge in [-0.1, -0.05) is 31.2 Å².